The standard InChI is InChI=1S/C27H27N5O3/c28-26-29-15-10-22-23(18-11-16-31(17-12-18)25(33)27(34)13-14-27)30-24(32(22)26)19-6-8-21(9-7-19)35-20-4-2-1-3-5-20/h1-10,15,18,34H,11-14,16-17H2,(H2,28,29). The number of hydrogen-bond acceptors (Lipinski definition) is 6. The number of anilines is 1. The maximum atomic E-state index is 12.5. The van der Waals surface area contributed by atoms with Crippen molar-refractivity contribution in [3.63, 3.8) is 0 Å². The van der Waals surface area contributed by atoms with E-state index < -0.39 is 5.60 Å². The molecule has 4 aromatic rings. The Labute approximate surface area is 203 Å². The van der Waals surface area contributed by atoms with E-state index in [1.165, 1.54) is 0 Å². The molecule has 2 aromatic carbocycles. The first kappa shape index (κ1) is 21.6. The average Bonchev–Trinajstić information content (AvgIpc) is 3.52. The molecule has 2 aliphatic rings. The van der Waals surface area contributed by atoms with Gasteiger partial charge in [-0.1, -0.05) is 18.2 Å². The van der Waals surface area contributed by atoms with Crippen LogP contribution < -0.4 is 10.5 Å². The van der Waals surface area contributed by atoms with E-state index in [0.29, 0.717) is 31.9 Å². The lowest BCUT2D eigenvalue weighted by Crippen LogP contribution is -2.44. The van der Waals surface area contributed by atoms with Gasteiger partial charge in [-0.15, -0.1) is 0 Å². The molecule has 2 fully saturated rings. The molecule has 8 nitrogen and oxygen atoms in total. The van der Waals surface area contributed by atoms with Gasteiger partial charge >= 0.3 is 0 Å². The summed E-state index contributed by atoms with van der Waals surface area (Å²) in [6.07, 6.45) is 4.43. The molecular weight excluding hydrogens is 442 g/mol. The number of aromatic nitrogens is 3. The Bertz CT molecular complexity index is 1370. The first-order valence-electron chi connectivity index (χ1n) is 12.0. The van der Waals surface area contributed by atoms with Crippen molar-refractivity contribution in [1.29, 1.82) is 0 Å². The van der Waals surface area contributed by atoms with E-state index in [2.05, 4.69) is 4.98 Å². The number of rotatable bonds is 5. The van der Waals surface area contributed by atoms with Gasteiger partial charge in [-0.25, -0.2) is 9.97 Å². The number of nitrogens with two attached hydrogens (primary N) is 1. The summed E-state index contributed by atoms with van der Waals surface area (Å²) in [7, 11) is 0. The summed E-state index contributed by atoms with van der Waals surface area (Å²) in [6.45, 7) is 1.23. The Kier molecular flexibility index (Phi) is 5.18. The van der Waals surface area contributed by atoms with Gasteiger partial charge in [0, 0.05) is 30.8 Å². The van der Waals surface area contributed by atoms with Crippen LogP contribution in [0.3, 0.4) is 0 Å². The highest BCUT2D eigenvalue weighted by atomic mass is 16.5. The predicted molar refractivity (Wildman–Crippen MR) is 132 cm³/mol. The SMILES string of the molecule is Nc1nccc2c(C3CCN(C(=O)C4(O)CC4)CC3)nc(-c3ccc(Oc4ccccc4)cc3)n12. The van der Waals surface area contributed by atoms with Crippen molar-refractivity contribution < 1.29 is 14.6 Å². The number of aliphatic hydroxyl groups is 1. The monoisotopic (exact) mass is 469 g/mol. The summed E-state index contributed by atoms with van der Waals surface area (Å²) in [5.41, 5.74) is 7.99. The second-order valence-corrected chi connectivity index (χ2v) is 9.38. The fraction of sp³-hybridized carbons (Fsp3) is 0.296. The topological polar surface area (TPSA) is 106 Å². The van der Waals surface area contributed by atoms with Gasteiger partial charge in [-0.2, -0.15) is 0 Å². The molecule has 0 unspecified atom stereocenters. The number of nitrogens with zero attached hydrogens (tertiary/aromatic N) is 4. The molecule has 1 saturated carbocycles. The zero-order valence-corrected chi connectivity index (χ0v) is 19.3. The van der Waals surface area contributed by atoms with Crippen molar-refractivity contribution in [2.45, 2.75) is 37.2 Å². The average molecular weight is 470 g/mol. The van der Waals surface area contributed by atoms with E-state index in [9.17, 15) is 9.90 Å². The van der Waals surface area contributed by atoms with Gasteiger partial charge in [0.15, 0.2) is 0 Å². The van der Waals surface area contributed by atoms with Crippen LogP contribution in [0.25, 0.3) is 16.9 Å². The predicted octanol–water partition coefficient (Wildman–Crippen LogP) is 4.00. The Hall–Kier alpha value is -3.91. The third kappa shape index (κ3) is 4.00. The van der Waals surface area contributed by atoms with Gasteiger partial charge in [0.05, 0.1) is 11.2 Å². The summed E-state index contributed by atoms with van der Waals surface area (Å²) in [4.78, 5) is 23.7. The van der Waals surface area contributed by atoms with E-state index in [4.69, 9.17) is 15.5 Å². The third-order valence-electron chi connectivity index (χ3n) is 6.99. The zero-order valence-electron chi connectivity index (χ0n) is 19.3. The van der Waals surface area contributed by atoms with Crippen LogP contribution in [0.1, 0.15) is 37.3 Å². The van der Waals surface area contributed by atoms with Gasteiger partial charge in [0.2, 0.25) is 5.95 Å². The highest BCUT2D eigenvalue weighted by Crippen LogP contribution is 2.39. The Morgan fingerprint density at radius 1 is 1.00 bits per heavy atom. The minimum atomic E-state index is -1.11. The number of piperidine rings is 1. The van der Waals surface area contributed by atoms with E-state index in [-0.39, 0.29) is 11.8 Å². The van der Waals surface area contributed by atoms with Crippen LogP contribution in [0.5, 0.6) is 11.5 Å². The molecule has 6 rings (SSSR count). The van der Waals surface area contributed by atoms with Crippen molar-refractivity contribution in [3.8, 4) is 22.9 Å². The number of nitrogen functional groups attached to an aromatic ring is 1. The quantitative estimate of drug-likeness (QED) is 0.458. The van der Waals surface area contributed by atoms with E-state index in [0.717, 1.165) is 46.9 Å². The number of ether oxygens (including phenoxy) is 1. The van der Waals surface area contributed by atoms with Crippen LogP contribution in [-0.2, 0) is 4.79 Å². The molecule has 1 amide bonds. The molecular formula is C27H27N5O3. The number of likely N-dealkylation sites (tertiary alicyclic amines) is 1. The Morgan fingerprint density at radius 3 is 2.37 bits per heavy atom. The van der Waals surface area contributed by atoms with Crippen molar-refractivity contribution in [1.82, 2.24) is 19.3 Å². The van der Waals surface area contributed by atoms with Gasteiger partial charge in [-0.05, 0) is 68.1 Å². The second-order valence-electron chi connectivity index (χ2n) is 9.38. The van der Waals surface area contributed by atoms with Crippen LogP contribution in [0.2, 0.25) is 0 Å². The summed E-state index contributed by atoms with van der Waals surface area (Å²) >= 11 is 0. The minimum Gasteiger partial charge on any atom is -0.457 e. The van der Waals surface area contributed by atoms with Gasteiger partial charge in [0.1, 0.15) is 22.9 Å². The maximum absolute atomic E-state index is 12.5. The van der Waals surface area contributed by atoms with E-state index in [1.54, 1.807) is 11.1 Å². The smallest absolute Gasteiger partial charge is 0.254 e. The summed E-state index contributed by atoms with van der Waals surface area (Å²) in [5.74, 6) is 2.70. The molecule has 2 aromatic heterocycles. The molecule has 35 heavy (non-hydrogen) atoms. The zero-order chi connectivity index (χ0) is 24.0. The summed E-state index contributed by atoms with van der Waals surface area (Å²) in [6, 6.07) is 19.4. The number of hydrogen-bond donors (Lipinski definition) is 2. The number of fused-ring (bicyclic) bond motifs is 1. The largest absolute Gasteiger partial charge is 0.457 e. The van der Waals surface area contributed by atoms with Crippen molar-refractivity contribution in [2.24, 2.45) is 0 Å². The van der Waals surface area contributed by atoms with Crippen molar-refractivity contribution >= 4 is 17.4 Å². The van der Waals surface area contributed by atoms with Gasteiger partial charge < -0.3 is 20.5 Å². The third-order valence-corrected chi connectivity index (χ3v) is 6.99. The van der Waals surface area contributed by atoms with Crippen LogP contribution >= 0.6 is 0 Å². The molecule has 1 saturated heterocycles. The highest BCUT2D eigenvalue weighted by Gasteiger charge is 2.50. The highest BCUT2D eigenvalue weighted by molar-refractivity contribution is 5.88. The number of carbonyl (C=O) groups is 1. The lowest BCUT2D eigenvalue weighted by atomic mass is 9.92. The molecule has 178 valence electrons. The van der Waals surface area contributed by atoms with Crippen molar-refractivity contribution in [2.75, 3.05) is 18.8 Å². The van der Waals surface area contributed by atoms with Gasteiger partial charge in [0.25, 0.3) is 5.91 Å². The molecule has 0 spiro atoms. The van der Waals surface area contributed by atoms with Crippen LogP contribution in [0, 0.1) is 0 Å². The number of benzene rings is 2. The van der Waals surface area contributed by atoms with Crippen molar-refractivity contribution in [3.05, 3.63) is 72.6 Å². The number of imidazole rings is 1. The molecule has 1 aliphatic heterocycles. The van der Waals surface area contributed by atoms with Gasteiger partial charge in [-0.3, -0.25) is 9.20 Å². The molecule has 0 bridgehead atoms. The Morgan fingerprint density at radius 2 is 1.69 bits per heavy atom. The lowest BCUT2D eigenvalue weighted by molar-refractivity contribution is -0.143. The molecule has 8 heteroatoms. The van der Waals surface area contributed by atoms with E-state index >= 15 is 0 Å². The van der Waals surface area contributed by atoms with E-state index in [1.807, 2.05) is 65.1 Å². The minimum absolute atomic E-state index is 0.127. The fourth-order valence-electron chi connectivity index (χ4n) is 4.86. The lowest BCUT2D eigenvalue weighted by Gasteiger charge is -2.32. The number of amides is 1. The summed E-state index contributed by atoms with van der Waals surface area (Å²) in [5, 5.41) is 10.2. The van der Waals surface area contributed by atoms with Crippen LogP contribution in [-0.4, -0.2) is 49.0 Å². The molecule has 3 N–H and O–H groups in total. The first-order chi connectivity index (χ1) is 17.0. The molecule has 0 radical (unpaired) electrons. The molecule has 0 atom stereocenters. The number of carbonyl (C=O) groups excluding carboxylic acids is 1. The molecule has 3 heterocycles. The fourth-order valence-corrected chi connectivity index (χ4v) is 4.86. The van der Waals surface area contributed by atoms with Crippen LogP contribution in [0.15, 0.2) is 66.9 Å². The number of para-hydroxylation sites is 1. The first-order valence-corrected chi connectivity index (χ1v) is 12.0. The molecule has 1 aliphatic carbocycles. The maximum Gasteiger partial charge on any atom is 0.254 e. The normalized spacial score (nSPS) is 17.5. The summed E-state index contributed by atoms with van der Waals surface area (Å²) < 4.78 is 7.82. The van der Waals surface area contributed by atoms with Crippen LogP contribution in [0.4, 0.5) is 5.95 Å². The second kappa shape index (κ2) is 8.39. The Balaban J connectivity index is 1.27.